The van der Waals surface area contributed by atoms with Gasteiger partial charge in [-0.3, -0.25) is 0 Å². The van der Waals surface area contributed by atoms with Crippen LogP contribution in [0.15, 0.2) is 48.5 Å². The van der Waals surface area contributed by atoms with E-state index in [0.717, 1.165) is 12.0 Å². The lowest BCUT2D eigenvalue weighted by Crippen LogP contribution is -2.20. The van der Waals surface area contributed by atoms with Crippen molar-refractivity contribution in [3.63, 3.8) is 0 Å². The Labute approximate surface area is 221 Å². The van der Waals surface area contributed by atoms with Crippen molar-refractivity contribution in [3.8, 4) is 22.6 Å². The van der Waals surface area contributed by atoms with Crippen LogP contribution in [0.25, 0.3) is 11.1 Å². The monoisotopic (exact) mass is 530 g/mol. The molecule has 0 spiro atoms. The lowest BCUT2D eigenvalue weighted by Gasteiger charge is -2.29. The average Bonchev–Trinajstić information content (AvgIpc) is 2.93. The van der Waals surface area contributed by atoms with Gasteiger partial charge in [-0.2, -0.15) is 8.78 Å². The summed E-state index contributed by atoms with van der Waals surface area (Å²) < 4.78 is 69.2. The highest BCUT2D eigenvalue weighted by atomic mass is 19.2. The second kappa shape index (κ2) is 12.7. The maximum absolute atomic E-state index is 15.1. The van der Waals surface area contributed by atoms with Crippen molar-refractivity contribution in [2.45, 2.75) is 64.4 Å². The van der Waals surface area contributed by atoms with Crippen LogP contribution in [0.4, 0.5) is 17.6 Å². The smallest absolute Gasteiger partial charge is 0.204 e. The summed E-state index contributed by atoms with van der Waals surface area (Å²) in [5.74, 6) is -4.18. The van der Waals surface area contributed by atoms with Crippen LogP contribution in [0, 0.1) is 29.2 Å². The molecule has 1 aliphatic rings. The first-order chi connectivity index (χ1) is 18.3. The van der Waals surface area contributed by atoms with E-state index in [4.69, 9.17) is 9.47 Å². The maximum atomic E-state index is 15.1. The molecule has 1 atom stereocenters. The van der Waals surface area contributed by atoms with E-state index < -0.39 is 29.4 Å². The van der Waals surface area contributed by atoms with Crippen LogP contribution in [0.1, 0.15) is 75.5 Å². The second-order valence-electron chi connectivity index (χ2n) is 9.91. The molecule has 4 rings (SSSR count). The maximum Gasteiger partial charge on any atom is 0.204 e. The molecule has 0 saturated heterocycles. The predicted molar refractivity (Wildman–Crippen MR) is 139 cm³/mol. The molecule has 1 fully saturated rings. The molecular formula is C31H34F4O3. The Kier molecular flexibility index (Phi) is 9.31. The first kappa shape index (κ1) is 28.0. The van der Waals surface area contributed by atoms with Crippen molar-refractivity contribution < 1.29 is 32.1 Å². The Bertz CT molecular complexity index is 1220. The van der Waals surface area contributed by atoms with Crippen molar-refractivity contribution in [3.05, 3.63) is 82.9 Å². The van der Waals surface area contributed by atoms with Gasteiger partial charge in [0.05, 0.1) is 19.3 Å². The third-order valence-corrected chi connectivity index (χ3v) is 7.35. The standard InChI is InChI=1S/C31H34F4O3/c1-3-5-25(36)22-12-10-21(11-13-22)24-15-14-23(28(32)29(24)33)20-8-6-19(7-9-20)18-38-27-17-16-26(37-4-2)30(34)31(27)35/h10-17,19-20,25,36H,3-9,18H2,1-2H3. The second-order valence-corrected chi connectivity index (χ2v) is 9.91. The van der Waals surface area contributed by atoms with Gasteiger partial charge in [-0.25, -0.2) is 8.78 Å². The Morgan fingerprint density at radius 2 is 1.39 bits per heavy atom. The van der Waals surface area contributed by atoms with Crippen LogP contribution >= 0.6 is 0 Å². The molecule has 1 saturated carbocycles. The molecule has 1 unspecified atom stereocenters. The molecule has 0 aliphatic heterocycles. The molecule has 204 valence electrons. The number of aliphatic hydroxyl groups is 1. The molecule has 0 radical (unpaired) electrons. The molecule has 0 heterocycles. The quantitative estimate of drug-likeness (QED) is 0.267. The fourth-order valence-corrected chi connectivity index (χ4v) is 5.17. The number of ether oxygens (including phenoxy) is 2. The number of halogens is 4. The van der Waals surface area contributed by atoms with Gasteiger partial charge in [-0.05, 0) is 79.7 Å². The van der Waals surface area contributed by atoms with E-state index in [9.17, 15) is 13.9 Å². The summed E-state index contributed by atoms with van der Waals surface area (Å²) in [4.78, 5) is 0. The SMILES string of the molecule is CCCC(O)c1ccc(-c2ccc(C3CCC(COc4ccc(OCC)c(F)c4F)CC3)c(F)c2F)cc1. The highest BCUT2D eigenvalue weighted by molar-refractivity contribution is 5.65. The molecule has 3 aromatic rings. The highest BCUT2D eigenvalue weighted by Gasteiger charge is 2.27. The first-order valence-corrected chi connectivity index (χ1v) is 13.3. The fourth-order valence-electron chi connectivity index (χ4n) is 5.17. The summed E-state index contributed by atoms with van der Waals surface area (Å²) in [6, 6.07) is 12.9. The van der Waals surface area contributed by atoms with E-state index in [1.807, 2.05) is 6.92 Å². The third-order valence-electron chi connectivity index (χ3n) is 7.35. The van der Waals surface area contributed by atoms with Crippen LogP contribution in [0.5, 0.6) is 11.5 Å². The van der Waals surface area contributed by atoms with Gasteiger partial charge in [0.15, 0.2) is 23.1 Å². The lowest BCUT2D eigenvalue weighted by molar-refractivity contribution is 0.166. The van der Waals surface area contributed by atoms with Gasteiger partial charge in [0.2, 0.25) is 11.6 Å². The van der Waals surface area contributed by atoms with Gasteiger partial charge >= 0.3 is 0 Å². The molecule has 3 nitrogen and oxygen atoms in total. The largest absolute Gasteiger partial charge is 0.491 e. The van der Waals surface area contributed by atoms with Gasteiger partial charge in [0.25, 0.3) is 0 Å². The summed E-state index contributed by atoms with van der Waals surface area (Å²) in [6.45, 7) is 4.12. The minimum absolute atomic E-state index is 0.106. The highest BCUT2D eigenvalue weighted by Crippen LogP contribution is 2.39. The predicted octanol–water partition coefficient (Wildman–Crippen LogP) is 8.50. The van der Waals surface area contributed by atoms with Crippen LogP contribution in [0.2, 0.25) is 0 Å². The molecule has 0 bridgehead atoms. The zero-order chi connectivity index (χ0) is 27.2. The Hall–Kier alpha value is -3.06. The van der Waals surface area contributed by atoms with Crippen molar-refractivity contribution in [1.29, 1.82) is 0 Å². The molecule has 38 heavy (non-hydrogen) atoms. The molecule has 0 amide bonds. The zero-order valence-electron chi connectivity index (χ0n) is 21.8. The lowest BCUT2D eigenvalue weighted by atomic mass is 9.78. The molecule has 7 heteroatoms. The fraction of sp³-hybridized carbons (Fsp3) is 0.419. The zero-order valence-corrected chi connectivity index (χ0v) is 21.8. The number of aliphatic hydroxyl groups excluding tert-OH is 1. The Morgan fingerprint density at radius 1 is 0.763 bits per heavy atom. The molecule has 1 N–H and O–H groups in total. The van der Waals surface area contributed by atoms with E-state index in [2.05, 4.69) is 0 Å². The molecular weight excluding hydrogens is 496 g/mol. The van der Waals surface area contributed by atoms with Crippen molar-refractivity contribution in [2.24, 2.45) is 5.92 Å². The molecule has 3 aromatic carbocycles. The van der Waals surface area contributed by atoms with Crippen molar-refractivity contribution >= 4 is 0 Å². The van der Waals surface area contributed by atoms with E-state index >= 15 is 8.78 Å². The van der Waals surface area contributed by atoms with Gasteiger partial charge in [-0.15, -0.1) is 0 Å². The topological polar surface area (TPSA) is 38.7 Å². The number of hydrogen-bond acceptors (Lipinski definition) is 3. The van der Waals surface area contributed by atoms with E-state index in [0.29, 0.717) is 43.2 Å². The van der Waals surface area contributed by atoms with Gasteiger partial charge in [0.1, 0.15) is 0 Å². The number of benzene rings is 3. The van der Waals surface area contributed by atoms with Crippen molar-refractivity contribution in [2.75, 3.05) is 13.2 Å². The summed E-state index contributed by atoms with van der Waals surface area (Å²) in [5.41, 5.74) is 1.86. The van der Waals surface area contributed by atoms with E-state index in [1.165, 1.54) is 12.1 Å². The first-order valence-electron chi connectivity index (χ1n) is 13.3. The summed E-state index contributed by atoms with van der Waals surface area (Å²) in [5, 5.41) is 10.1. The molecule has 0 aromatic heterocycles. The van der Waals surface area contributed by atoms with Gasteiger partial charge < -0.3 is 14.6 Å². The van der Waals surface area contributed by atoms with Crippen LogP contribution in [-0.2, 0) is 0 Å². The van der Waals surface area contributed by atoms with E-state index in [1.54, 1.807) is 43.3 Å². The van der Waals surface area contributed by atoms with Crippen LogP contribution in [0.3, 0.4) is 0 Å². The molecule has 1 aliphatic carbocycles. The summed E-state index contributed by atoms with van der Waals surface area (Å²) in [6.07, 6.45) is 3.62. The van der Waals surface area contributed by atoms with Crippen LogP contribution < -0.4 is 9.47 Å². The van der Waals surface area contributed by atoms with E-state index in [-0.39, 0.29) is 42.1 Å². The minimum Gasteiger partial charge on any atom is -0.491 e. The van der Waals surface area contributed by atoms with Gasteiger partial charge in [0, 0.05) is 5.56 Å². The normalized spacial score (nSPS) is 18.3. The third kappa shape index (κ3) is 6.15. The van der Waals surface area contributed by atoms with Crippen LogP contribution in [-0.4, -0.2) is 18.3 Å². The van der Waals surface area contributed by atoms with Crippen molar-refractivity contribution in [1.82, 2.24) is 0 Å². The summed E-state index contributed by atoms with van der Waals surface area (Å²) >= 11 is 0. The minimum atomic E-state index is -1.07. The Morgan fingerprint density at radius 3 is 2.00 bits per heavy atom. The summed E-state index contributed by atoms with van der Waals surface area (Å²) in [7, 11) is 0. The number of rotatable bonds is 10. The number of hydrogen-bond donors (Lipinski definition) is 1. The Balaban J connectivity index is 1.37. The average molecular weight is 531 g/mol. The van der Waals surface area contributed by atoms with Gasteiger partial charge in [-0.1, -0.05) is 49.7 Å².